The number of rotatable bonds is 4. The van der Waals surface area contributed by atoms with Gasteiger partial charge in [-0.2, -0.15) is 0 Å². The van der Waals surface area contributed by atoms with Crippen molar-refractivity contribution in [2.75, 3.05) is 19.6 Å². The molecule has 0 aliphatic rings. The summed E-state index contributed by atoms with van der Waals surface area (Å²) in [5, 5.41) is 18.8. The standard InChI is InChI=1S/C11H16N2O3/c1-2-13(7-6-12)11(16)8-4-3-5-9(14)10(8)15/h3-5,14-15H,2,6-7,12H2,1H3. The molecule has 16 heavy (non-hydrogen) atoms. The molecule has 0 radical (unpaired) electrons. The van der Waals surface area contributed by atoms with E-state index in [1.54, 1.807) is 0 Å². The number of carbonyl (C=O) groups is 1. The van der Waals surface area contributed by atoms with Crippen LogP contribution in [0.15, 0.2) is 18.2 Å². The summed E-state index contributed by atoms with van der Waals surface area (Å²) in [7, 11) is 0. The van der Waals surface area contributed by atoms with Crippen LogP contribution in [-0.2, 0) is 0 Å². The van der Waals surface area contributed by atoms with Crippen LogP contribution in [0.25, 0.3) is 0 Å². The van der Waals surface area contributed by atoms with E-state index in [0.717, 1.165) is 0 Å². The first-order chi connectivity index (χ1) is 7.61. The Morgan fingerprint density at radius 1 is 1.44 bits per heavy atom. The molecule has 5 nitrogen and oxygen atoms in total. The van der Waals surface area contributed by atoms with Gasteiger partial charge in [0.15, 0.2) is 11.5 Å². The average molecular weight is 224 g/mol. The fourth-order valence-electron chi connectivity index (χ4n) is 1.43. The van der Waals surface area contributed by atoms with Crippen molar-refractivity contribution in [2.45, 2.75) is 6.92 Å². The van der Waals surface area contributed by atoms with Gasteiger partial charge in [0.05, 0.1) is 5.56 Å². The first-order valence-electron chi connectivity index (χ1n) is 5.12. The summed E-state index contributed by atoms with van der Waals surface area (Å²) < 4.78 is 0. The van der Waals surface area contributed by atoms with Gasteiger partial charge in [-0.1, -0.05) is 6.07 Å². The second-order valence-electron chi connectivity index (χ2n) is 3.35. The molecule has 0 saturated carbocycles. The molecular weight excluding hydrogens is 208 g/mol. The predicted molar refractivity (Wildman–Crippen MR) is 60.4 cm³/mol. The van der Waals surface area contributed by atoms with E-state index in [0.29, 0.717) is 19.6 Å². The number of carbonyl (C=O) groups excluding carboxylic acids is 1. The van der Waals surface area contributed by atoms with Crippen molar-refractivity contribution in [3.05, 3.63) is 23.8 Å². The van der Waals surface area contributed by atoms with Gasteiger partial charge in [-0.05, 0) is 19.1 Å². The Kier molecular flexibility index (Phi) is 4.13. The van der Waals surface area contributed by atoms with Crippen molar-refractivity contribution in [3.8, 4) is 11.5 Å². The fourth-order valence-corrected chi connectivity index (χ4v) is 1.43. The number of likely N-dealkylation sites (N-methyl/N-ethyl adjacent to an activating group) is 1. The molecule has 88 valence electrons. The number of phenolic OH excluding ortho intramolecular Hbond substituents is 2. The minimum Gasteiger partial charge on any atom is -0.504 e. The zero-order chi connectivity index (χ0) is 12.1. The number of aromatic hydroxyl groups is 2. The van der Waals surface area contributed by atoms with Crippen LogP contribution >= 0.6 is 0 Å². The van der Waals surface area contributed by atoms with E-state index < -0.39 is 0 Å². The third-order valence-electron chi connectivity index (χ3n) is 2.31. The highest BCUT2D eigenvalue weighted by Crippen LogP contribution is 2.28. The number of para-hydroxylation sites is 1. The molecule has 4 N–H and O–H groups in total. The van der Waals surface area contributed by atoms with Gasteiger partial charge in [0.1, 0.15) is 0 Å². The van der Waals surface area contributed by atoms with Crippen LogP contribution in [0.2, 0.25) is 0 Å². The van der Waals surface area contributed by atoms with Gasteiger partial charge in [0, 0.05) is 19.6 Å². The van der Waals surface area contributed by atoms with Gasteiger partial charge < -0.3 is 20.8 Å². The molecule has 1 amide bonds. The lowest BCUT2D eigenvalue weighted by molar-refractivity contribution is 0.0765. The predicted octanol–water partition coefficient (Wildman–Crippen LogP) is 0.519. The first kappa shape index (κ1) is 12.3. The van der Waals surface area contributed by atoms with E-state index in [1.165, 1.54) is 23.1 Å². The van der Waals surface area contributed by atoms with Gasteiger partial charge >= 0.3 is 0 Å². The number of hydrogen-bond acceptors (Lipinski definition) is 4. The van der Waals surface area contributed by atoms with E-state index in [-0.39, 0.29) is 23.0 Å². The summed E-state index contributed by atoms with van der Waals surface area (Å²) in [6.45, 7) is 3.11. The van der Waals surface area contributed by atoms with Crippen LogP contribution in [0.1, 0.15) is 17.3 Å². The number of hydrogen-bond donors (Lipinski definition) is 3. The molecule has 0 bridgehead atoms. The van der Waals surface area contributed by atoms with Crippen molar-refractivity contribution in [1.82, 2.24) is 4.90 Å². The van der Waals surface area contributed by atoms with Gasteiger partial charge in [0.2, 0.25) is 0 Å². The monoisotopic (exact) mass is 224 g/mol. The Morgan fingerprint density at radius 2 is 2.12 bits per heavy atom. The minimum absolute atomic E-state index is 0.0929. The molecule has 0 heterocycles. The minimum atomic E-state index is -0.386. The zero-order valence-corrected chi connectivity index (χ0v) is 9.18. The van der Waals surface area contributed by atoms with Gasteiger partial charge in [-0.3, -0.25) is 4.79 Å². The molecule has 0 aliphatic carbocycles. The molecule has 0 saturated heterocycles. The maximum absolute atomic E-state index is 11.9. The van der Waals surface area contributed by atoms with E-state index in [9.17, 15) is 15.0 Å². The fraction of sp³-hybridized carbons (Fsp3) is 0.364. The Morgan fingerprint density at radius 3 is 2.69 bits per heavy atom. The quantitative estimate of drug-likeness (QED) is 0.651. The van der Waals surface area contributed by atoms with Crippen molar-refractivity contribution in [1.29, 1.82) is 0 Å². The van der Waals surface area contributed by atoms with Crippen molar-refractivity contribution in [3.63, 3.8) is 0 Å². The van der Waals surface area contributed by atoms with Crippen LogP contribution < -0.4 is 5.73 Å². The maximum Gasteiger partial charge on any atom is 0.257 e. The van der Waals surface area contributed by atoms with E-state index in [2.05, 4.69) is 0 Å². The molecule has 0 unspecified atom stereocenters. The molecule has 5 heteroatoms. The average Bonchev–Trinajstić information content (AvgIpc) is 2.29. The molecule has 0 aliphatic heterocycles. The maximum atomic E-state index is 11.9. The van der Waals surface area contributed by atoms with Gasteiger partial charge in [-0.15, -0.1) is 0 Å². The molecule has 0 spiro atoms. The lowest BCUT2D eigenvalue weighted by Crippen LogP contribution is -2.35. The van der Waals surface area contributed by atoms with Gasteiger partial charge in [-0.25, -0.2) is 0 Å². The Bertz CT molecular complexity index is 379. The lowest BCUT2D eigenvalue weighted by Gasteiger charge is -2.20. The first-order valence-corrected chi connectivity index (χ1v) is 5.12. The van der Waals surface area contributed by atoms with Crippen LogP contribution in [0.3, 0.4) is 0 Å². The number of phenols is 2. The molecule has 0 fully saturated rings. The highest BCUT2D eigenvalue weighted by atomic mass is 16.3. The second-order valence-corrected chi connectivity index (χ2v) is 3.35. The van der Waals surface area contributed by atoms with E-state index >= 15 is 0 Å². The van der Waals surface area contributed by atoms with Crippen LogP contribution in [0.5, 0.6) is 11.5 Å². The van der Waals surface area contributed by atoms with Crippen LogP contribution in [0.4, 0.5) is 0 Å². The summed E-state index contributed by atoms with van der Waals surface area (Å²) in [5.41, 5.74) is 5.48. The van der Waals surface area contributed by atoms with Crippen molar-refractivity contribution >= 4 is 5.91 Å². The Labute approximate surface area is 94.1 Å². The Balaban J connectivity index is 2.99. The zero-order valence-electron chi connectivity index (χ0n) is 9.18. The van der Waals surface area contributed by atoms with Crippen molar-refractivity contribution < 1.29 is 15.0 Å². The number of nitrogens with two attached hydrogens (primary N) is 1. The summed E-state index contributed by atoms with van der Waals surface area (Å²) in [4.78, 5) is 13.4. The lowest BCUT2D eigenvalue weighted by atomic mass is 10.1. The van der Waals surface area contributed by atoms with E-state index in [1.807, 2.05) is 6.92 Å². The van der Waals surface area contributed by atoms with E-state index in [4.69, 9.17) is 5.73 Å². The third-order valence-corrected chi connectivity index (χ3v) is 2.31. The number of amides is 1. The van der Waals surface area contributed by atoms with Crippen LogP contribution in [0, 0.1) is 0 Å². The SMILES string of the molecule is CCN(CCN)C(=O)c1cccc(O)c1O. The highest BCUT2D eigenvalue weighted by molar-refractivity contribution is 5.97. The molecule has 0 atom stereocenters. The summed E-state index contributed by atoms with van der Waals surface area (Å²) in [5.74, 6) is -1.01. The van der Waals surface area contributed by atoms with Crippen molar-refractivity contribution in [2.24, 2.45) is 5.73 Å². The van der Waals surface area contributed by atoms with Crippen LogP contribution in [-0.4, -0.2) is 40.7 Å². The third kappa shape index (κ3) is 2.43. The second kappa shape index (κ2) is 5.37. The highest BCUT2D eigenvalue weighted by Gasteiger charge is 2.18. The molecular formula is C11H16N2O3. The Hall–Kier alpha value is -1.75. The molecule has 1 rings (SSSR count). The molecule has 1 aromatic carbocycles. The van der Waals surface area contributed by atoms with Gasteiger partial charge in [0.25, 0.3) is 5.91 Å². The molecule has 1 aromatic rings. The number of nitrogens with zero attached hydrogens (tertiary/aromatic N) is 1. The summed E-state index contributed by atoms with van der Waals surface area (Å²) >= 11 is 0. The number of benzene rings is 1. The topological polar surface area (TPSA) is 86.8 Å². The normalized spacial score (nSPS) is 10.1. The smallest absolute Gasteiger partial charge is 0.257 e. The summed E-state index contributed by atoms with van der Waals surface area (Å²) in [6, 6.07) is 4.31. The molecule has 0 aromatic heterocycles. The largest absolute Gasteiger partial charge is 0.504 e. The summed E-state index contributed by atoms with van der Waals surface area (Å²) in [6.07, 6.45) is 0.